The summed E-state index contributed by atoms with van der Waals surface area (Å²) in [7, 11) is 0. The lowest BCUT2D eigenvalue weighted by Gasteiger charge is -2.27. The Hall–Kier alpha value is -1.61. The molecule has 0 aliphatic heterocycles. The van der Waals surface area contributed by atoms with Crippen LogP contribution in [0.3, 0.4) is 0 Å². The van der Waals surface area contributed by atoms with Crippen LogP contribution in [0.2, 0.25) is 0 Å². The molecule has 1 amide bonds. The van der Waals surface area contributed by atoms with Crippen LogP contribution in [-0.2, 0) is 24.1 Å². The van der Waals surface area contributed by atoms with Gasteiger partial charge in [-0.3, -0.25) is 4.79 Å². The Balaban J connectivity index is 1.61. The summed E-state index contributed by atoms with van der Waals surface area (Å²) in [6.07, 6.45) is 5.14. The third-order valence-electron chi connectivity index (χ3n) is 4.87. The van der Waals surface area contributed by atoms with Gasteiger partial charge in [-0.1, -0.05) is 24.3 Å². The fourth-order valence-electron chi connectivity index (χ4n) is 3.52. The molecule has 1 aliphatic rings. The quantitative estimate of drug-likeness (QED) is 0.748. The number of fused-ring (bicyclic) bond motifs is 1. The average Bonchev–Trinajstić information content (AvgIpc) is 3.24. The Morgan fingerprint density at radius 1 is 1.26 bits per heavy atom. The number of carbonyl (C=O) groups excluding carboxylic acids is 1. The largest absolute Gasteiger partial charge is 0.335 e. The standard InChI is InChI=1S/C20H25NOS/c1-3-21(15(2)19-8-5-13-23-19)20(22)12-10-16-9-11-17-6-4-7-18(17)14-16/h5,8-9,11,13-15H,3-4,6-7,10,12H2,1-2H3. The molecule has 1 atom stereocenters. The van der Waals surface area contributed by atoms with Gasteiger partial charge in [0.05, 0.1) is 6.04 Å². The molecule has 0 saturated heterocycles. The van der Waals surface area contributed by atoms with E-state index in [4.69, 9.17) is 0 Å². The first-order valence-corrected chi connectivity index (χ1v) is 9.50. The number of nitrogens with zero attached hydrogens (tertiary/aromatic N) is 1. The predicted molar refractivity (Wildman–Crippen MR) is 96.9 cm³/mol. The van der Waals surface area contributed by atoms with E-state index in [9.17, 15) is 4.79 Å². The van der Waals surface area contributed by atoms with Gasteiger partial charge in [0.15, 0.2) is 0 Å². The van der Waals surface area contributed by atoms with Gasteiger partial charge in [-0.05, 0) is 67.7 Å². The van der Waals surface area contributed by atoms with Crippen LogP contribution < -0.4 is 0 Å². The summed E-state index contributed by atoms with van der Waals surface area (Å²) >= 11 is 1.73. The highest BCUT2D eigenvalue weighted by Gasteiger charge is 2.20. The Kier molecular flexibility index (Phi) is 5.16. The minimum atomic E-state index is 0.174. The topological polar surface area (TPSA) is 20.3 Å². The minimum absolute atomic E-state index is 0.174. The number of hydrogen-bond donors (Lipinski definition) is 0. The number of hydrogen-bond acceptors (Lipinski definition) is 2. The molecule has 2 nitrogen and oxygen atoms in total. The van der Waals surface area contributed by atoms with Crippen molar-refractivity contribution in [3.8, 4) is 0 Å². The van der Waals surface area contributed by atoms with Crippen molar-refractivity contribution in [2.75, 3.05) is 6.54 Å². The van der Waals surface area contributed by atoms with E-state index in [1.54, 1.807) is 11.3 Å². The van der Waals surface area contributed by atoms with Gasteiger partial charge in [-0.25, -0.2) is 0 Å². The van der Waals surface area contributed by atoms with Crippen molar-refractivity contribution in [3.63, 3.8) is 0 Å². The van der Waals surface area contributed by atoms with E-state index in [2.05, 4.69) is 49.6 Å². The summed E-state index contributed by atoms with van der Waals surface area (Å²) in [4.78, 5) is 15.9. The van der Waals surface area contributed by atoms with Crippen molar-refractivity contribution >= 4 is 17.2 Å². The molecule has 1 unspecified atom stereocenters. The van der Waals surface area contributed by atoms with Crippen LogP contribution in [0.25, 0.3) is 0 Å². The Morgan fingerprint density at radius 2 is 2.09 bits per heavy atom. The second kappa shape index (κ2) is 7.31. The summed E-state index contributed by atoms with van der Waals surface area (Å²) in [5.41, 5.74) is 4.30. The highest BCUT2D eigenvalue weighted by molar-refractivity contribution is 7.10. The molecule has 23 heavy (non-hydrogen) atoms. The van der Waals surface area contributed by atoms with Crippen LogP contribution in [-0.4, -0.2) is 17.4 Å². The molecule has 0 radical (unpaired) electrons. The molecule has 0 N–H and O–H groups in total. The van der Waals surface area contributed by atoms with Crippen LogP contribution >= 0.6 is 11.3 Å². The Labute approximate surface area is 143 Å². The maximum absolute atomic E-state index is 12.6. The summed E-state index contributed by atoms with van der Waals surface area (Å²) in [6.45, 7) is 4.96. The molecule has 3 rings (SSSR count). The zero-order valence-electron chi connectivity index (χ0n) is 14.0. The minimum Gasteiger partial charge on any atom is -0.335 e. The maximum Gasteiger partial charge on any atom is 0.223 e. The fraction of sp³-hybridized carbons (Fsp3) is 0.450. The number of thiophene rings is 1. The SMILES string of the molecule is CCN(C(=O)CCc1ccc2c(c1)CCC2)C(C)c1cccs1. The van der Waals surface area contributed by atoms with Gasteiger partial charge in [-0.2, -0.15) is 0 Å². The van der Waals surface area contributed by atoms with Crippen LogP contribution in [0.5, 0.6) is 0 Å². The summed E-state index contributed by atoms with van der Waals surface area (Å²) in [5.74, 6) is 0.258. The van der Waals surface area contributed by atoms with Crippen LogP contribution in [0.1, 0.15) is 54.3 Å². The second-order valence-electron chi connectivity index (χ2n) is 6.33. The first-order chi connectivity index (χ1) is 11.2. The number of aryl methyl sites for hydroxylation is 3. The predicted octanol–water partition coefficient (Wildman–Crippen LogP) is 4.78. The Morgan fingerprint density at radius 3 is 2.83 bits per heavy atom. The maximum atomic E-state index is 12.6. The van der Waals surface area contributed by atoms with Crippen LogP contribution in [0.4, 0.5) is 0 Å². The van der Waals surface area contributed by atoms with Crippen molar-refractivity contribution in [1.82, 2.24) is 4.90 Å². The van der Waals surface area contributed by atoms with Gasteiger partial charge in [0.1, 0.15) is 0 Å². The van der Waals surface area contributed by atoms with E-state index < -0.39 is 0 Å². The van der Waals surface area contributed by atoms with Gasteiger partial charge in [-0.15, -0.1) is 11.3 Å². The molecule has 1 aromatic heterocycles. The third-order valence-corrected chi connectivity index (χ3v) is 5.92. The lowest BCUT2D eigenvalue weighted by atomic mass is 10.0. The van der Waals surface area contributed by atoms with Crippen molar-refractivity contribution in [1.29, 1.82) is 0 Å². The molecule has 122 valence electrons. The molecule has 0 spiro atoms. The molecule has 1 heterocycles. The molecule has 0 saturated carbocycles. The number of rotatable bonds is 6. The zero-order chi connectivity index (χ0) is 16.2. The van der Waals surface area contributed by atoms with Crippen LogP contribution in [0.15, 0.2) is 35.7 Å². The molecule has 1 aliphatic carbocycles. The van der Waals surface area contributed by atoms with E-state index in [-0.39, 0.29) is 11.9 Å². The van der Waals surface area contributed by atoms with Crippen molar-refractivity contribution in [3.05, 3.63) is 57.3 Å². The van der Waals surface area contributed by atoms with Gasteiger partial charge >= 0.3 is 0 Å². The highest BCUT2D eigenvalue weighted by atomic mass is 32.1. The van der Waals surface area contributed by atoms with Gasteiger partial charge in [0.25, 0.3) is 0 Å². The van der Waals surface area contributed by atoms with Gasteiger partial charge < -0.3 is 4.90 Å². The van der Waals surface area contributed by atoms with Crippen molar-refractivity contribution in [2.45, 2.75) is 52.0 Å². The van der Waals surface area contributed by atoms with Crippen molar-refractivity contribution in [2.24, 2.45) is 0 Å². The molecular weight excluding hydrogens is 302 g/mol. The van der Waals surface area contributed by atoms with E-state index in [0.29, 0.717) is 6.42 Å². The molecule has 0 bridgehead atoms. The number of benzene rings is 1. The molecule has 3 heteroatoms. The Bertz CT molecular complexity index is 662. The van der Waals surface area contributed by atoms with E-state index >= 15 is 0 Å². The molecular formula is C20H25NOS. The normalized spacial score (nSPS) is 14.5. The smallest absolute Gasteiger partial charge is 0.223 e. The molecule has 2 aromatic rings. The lowest BCUT2D eigenvalue weighted by Crippen LogP contribution is -2.33. The van der Waals surface area contributed by atoms with Gasteiger partial charge in [0, 0.05) is 17.8 Å². The monoisotopic (exact) mass is 327 g/mol. The van der Waals surface area contributed by atoms with E-state index in [1.807, 2.05) is 4.90 Å². The van der Waals surface area contributed by atoms with Crippen LogP contribution in [0, 0.1) is 0 Å². The molecule has 0 fully saturated rings. The molecule has 1 aromatic carbocycles. The lowest BCUT2D eigenvalue weighted by molar-refractivity contribution is -0.133. The summed E-state index contributed by atoms with van der Waals surface area (Å²) < 4.78 is 0. The summed E-state index contributed by atoms with van der Waals surface area (Å²) in [5, 5.41) is 2.08. The van der Waals surface area contributed by atoms with E-state index in [1.165, 1.54) is 40.8 Å². The summed E-state index contributed by atoms with van der Waals surface area (Å²) in [6, 6.07) is 11.1. The highest BCUT2D eigenvalue weighted by Crippen LogP contribution is 2.26. The van der Waals surface area contributed by atoms with Gasteiger partial charge in [0.2, 0.25) is 5.91 Å². The van der Waals surface area contributed by atoms with Crippen molar-refractivity contribution < 1.29 is 4.79 Å². The first-order valence-electron chi connectivity index (χ1n) is 8.62. The number of amides is 1. The van der Waals surface area contributed by atoms with E-state index in [0.717, 1.165) is 13.0 Å². The fourth-order valence-corrected chi connectivity index (χ4v) is 4.32. The number of carbonyl (C=O) groups is 1. The third kappa shape index (κ3) is 3.66. The average molecular weight is 327 g/mol. The first kappa shape index (κ1) is 16.3. The second-order valence-corrected chi connectivity index (χ2v) is 7.31. The zero-order valence-corrected chi connectivity index (χ0v) is 14.9.